The number of hydrogen-bond donors (Lipinski definition) is 1. The van der Waals surface area contributed by atoms with Crippen molar-refractivity contribution in [1.82, 2.24) is 5.32 Å². The Hall–Kier alpha value is -0.340. The van der Waals surface area contributed by atoms with Gasteiger partial charge in [0.1, 0.15) is 0 Å². The maximum absolute atomic E-state index is 3.89. The molecule has 1 aliphatic rings. The minimum Gasteiger partial charge on any atom is -0.314 e. The second-order valence-corrected chi connectivity index (χ2v) is 7.68. The summed E-state index contributed by atoms with van der Waals surface area (Å²) in [6.07, 6.45) is 12.4. The summed E-state index contributed by atoms with van der Waals surface area (Å²) in [5.74, 6) is 1.90. The van der Waals surface area contributed by atoms with Crippen LogP contribution in [0.25, 0.3) is 0 Å². The van der Waals surface area contributed by atoms with Crippen molar-refractivity contribution in [1.29, 1.82) is 0 Å². The van der Waals surface area contributed by atoms with Crippen molar-refractivity contribution in [3.63, 3.8) is 0 Å². The summed E-state index contributed by atoms with van der Waals surface area (Å²) in [7, 11) is 0. The van der Waals surface area contributed by atoms with Crippen molar-refractivity contribution >= 4 is 11.3 Å². The Balaban J connectivity index is 1.86. The summed E-state index contributed by atoms with van der Waals surface area (Å²) >= 11 is 1.91. The molecule has 1 N–H and O–H groups in total. The third kappa shape index (κ3) is 5.41. The molecule has 1 fully saturated rings. The van der Waals surface area contributed by atoms with Crippen LogP contribution in [-0.2, 0) is 6.42 Å². The Morgan fingerprint density at radius 3 is 2.86 bits per heavy atom. The lowest BCUT2D eigenvalue weighted by Crippen LogP contribution is -2.41. The minimum absolute atomic E-state index is 0.759. The van der Waals surface area contributed by atoms with E-state index in [2.05, 4.69) is 36.7 Å². The lowest BCUT2D eigenvalue weighted by atomic mass is 9.73. The van der Waals surface area contributed by atoms with Crippen LogP contribution < -0.4 is 5.32 Å². The lowest BCUT2D eigenvalue weighted by molar-refractivity contribution is 0.167. The normalized spacial score (nSPS) is 24.1. The average molecular weight is 308 g/mol. The summed E-state index contributed by atoms with van der Waals surface area (Å²) in [5, 5.41) is 6.09. The van der Waals surface area contributed by atoms with Crippen LogP contribution in [0.3, 0.4) is 0 Å². The molecule has 3 unspecified atom stereocenters. The molecular weight excluding hydrogens is 274 g/mol. The molecule has 0 saturated heterocycles. The van der Waals surface area contributed by atoms with Gasteiger partial charge in [0.15, 0.2) is 0 Å². The lowest BCUT2D eigenvalue weighted by Gasteiger charge is -2.37. The quantitative estimate of drug-likeness (QED) is 0.621. The van der Waals surface area contributed by atoms with Crippen LogP contribution in [0.1, 0.15) is 70.1 Å². The molecular formula is C19H33NS. The van der Waals surface area contributed by atoms with E-state index in [-0.39, 0.29) is 0 Å². The fourth-order valence-electron chi connectivity index (χ4n) is 4.02. The van der Waals surface area contributed by atoms with E-state index in [1.807, 2.05) is 11.3 Å². The summed E-state index contributed by atoms with van der Waals surface area (Å²) in [5.41, 5.74) is 0. The van der Waals surface area contributed by atoms with Gasteiger partial charge in [-0.2, -0.15) is 0 Å². The van der Waals surface area contributed by atoms with Crippen LogP contribution in [0.4, 0.5) is 0 Å². The van der Waals surface area contributed by atoms with Gasteiger partial charge in [-0.1, -0.05) is 45.6 Å². The molecule has 0 bridgehead atoms. The fraction of sp³-hybridized carbons (Fsp3) is 0.789. The Morgan fingerprint density at radius 2 is 2.14 bits per heavy atom. The molecule has 120 valence electrons. The highest BCUT2D eigenvalue weighted by Crippen LogP contribution is 2.36. The number of nitrogens with one attached hydrogen (secondary N) is 1. The monoisotopic (exact) mass is 307 g/mol. The van der Waals surface area contributed by atoms with Gasteiger partial charge in [-0.15, -0.1) is 11.3 Å². The number of hydrogen-bond acceptors (Lipinski definition) is 2. The number of aryl methyl sites for hydroxylation is 1. The van der Waals surface area contributed by atoms with Crippen LogP contribution in [0, 0.1) is 11.8 Å². The SMILES string of the molecule is CCCNC(CCCc1cccs1)C1CCCCC1CC. The Labute approximate surface area is 135 Å². The van der Waals surface area contributed by atoms with Gasteiger partial charge in [0.25, 0.3) is 0 Å². The summed E-state index contributed by atoms with van der Waals surface area (Å²) in [6.45, 7) is 5.87. The molecule has 1 heterocycles. The molecule has 0 aromatic carbocycles. The Morgan fingerprint density at radius 1 is 1.29 bits per heavy atom. The molecule has 0 radical (unpaired) electrons. The van der Waals surface area contributed by atoms with Crippen LogP contribution in [0.15, 0.2) is 17.5 Å². The van der Waals surface area contributed by atoms with Crippen LogP contribution in [0.5, 0.6) is 0 Å². The van der Waals surface area contributed by atoms with Crippen LogP contribution in [-0.4, -0.2) is 12.6 Å². The van der Waals surface area contributed by atoms with Gasteiger partial charge in [-0.3, -0.25) is 0 Å². The molecule has 3 atom stereocenters. The molecule has 2 rings (SSSR count). The molecule has 21 heavy (non-hydrogen) atoms. The Bertz CT molecular complexity index is 360. The van der Waals surface area contributed by atoms with E-state index in [4.69, 9.17) is 0 Å². The first kappa shape index (κ1) is 17.0. The van der Waals surface area contributed by atoms with Gasteiger partial charge >= 0.3 is 0 Å². The average Bonchev–Trinajstić information content (AvgIpc) is 3.04. The van der Waals surface area contributed by atoms with E-state index in [0.29, 0.717) is 0 Å². The topological polar surface area (TPSA) is 12.0 Å². The zero-order valence-corrected chi connectivity index (χ0v) is 14.8. The smallest absolute Gasteiger partial charge is 0.00980 e. The van der Waals surface area contributed by atoms with Crippen molar-refractivity contribution in [2.24, 2.45) is 11.8 Å². The van der Waals surface area contributed by atoms with Crippen molar-refractivity contribution in [3.8, 4) is 0 Å². The van der Waals surface area contributed by atoms with E-state index in [1.54, 1.807) is 4.88 Å². The first-order valence-corrected chi connectivity index (χ1v) is 9.98. The maximum Gasteiger partial charge on any atom is 0.00980 e. The summed E-state index contributed by atoms with van der Waals surface area (Å²) < 4.78 is 0. The highest BCUT2D eigenvalue weighted by Gasteiger charge is 2.29. The van der Waals surface area contributed by atoms with Crippen LogP contribution in [0.2, 0.25) is 0 Å². The van der Waals surface area contributed by atoms with E-state index in [1.165, 1.54) is 64.3 Å². The number of rotatable bonds is 9. The summed E-state index contributed by atoms with van der Waals surface area (Å²) in [4.78, 5) is 1.56. The maximum atomic E-state index is 3.89. The van der Waals surface area contributed by atoms with E-state index >= 15 is 0 Å². The van der Waals surface area contributed by atoms with E-state index in [0.717, 1.165) is 17.9 Å². The largest absolute Gasteiger partial charge is 0.314 e. The van der Waals surface area contributed by atoms with Gasteiger partial charge in [0.2, 0.25) is 0 Å². The third-order valence-electron chi connectivity index (χ3n) is 5.18. The van der Waals surface area contributed by atoms with Gasteiger partial charge < -0.3 is 5.32 Å². The predicted octanol–water partition coefficient (Wildman–Crippen LogP) is 5.66. The molecule has 0 spiro atoms. The minimum atomic E-state index is 0.759. The van der Waals surface area contributed by atoms with Gasteiger partial charge in [-0.05, 0) is 61.9 Å². The molecule has 1 aromatic rings. The van der Waals surface area contributed by atoms with Gasteiger partial charge in [0, 0.05) is 10.9 Å². The van der Waals surface area contributed by atoms with E-state index < -0.39 is 0 Å². The summed E-state index contributed by atoms with van der Waals surface area (Å²) in [6, 6.07) is 5.23. The molecule has 2 heteroatoms. The Kier molecular flexibility index (Phi) is 7.81. The first-order valence-electron chi connectivity index (χ1n) is 9.10. The number of thiophene rings is 1. The molecule has 1 aromatic heterocycles. The standard InChI is InChI=1S/C19H33NS/c1-3-14-20-19(13-7-10-17-11-8-15-21-17)18-12-6-5-9-16(18)4-2/h8,11,15-16,18-20H,3-7,9-10,12-14H2,1-2H3. The van der Waals surface area contributed by atoms with Crippen molar-refractivity contribution in [3.05, 3.63) is 22.4 Å². The molecule has 0 aliphatic heterocycles. The highest BCUT2D eigenvalue weighted by molar-refractivity contribution is 7.09. The molecule has 1 nitrogen and oxygen atoms in total. The van der Waals surface area contributed by atoms with Gasteiger partial charge in [-0.25, -0.2) is 0 Å². The first-order chi connectivity index (χ1) is 10.3. The van der Waals surface area contributed by atoms with Crippen molar-refractivity contribution in [2.75, 3.05) is 6.54 Å². The van der Waals surface area contributed by atoms with Crippen molar-refractivity contribution < 1.29 is 0 Å². The van der Waals surface area contributed by atoms with Crippen molar-refractivity contribution in [2.45, 2.75) is 77.7 Å². The predicted molar refractivity (Wildman–Crippen MR) is 95.1 cm³/mol. The molecule has 1 aliphatic carbocycles. The third-order valence-corrected chi connectivity index (χ3v) is 6.12. The van der Waals surface area contributed by atoms with Crippen LogP contribution >= 0.6 is 11.3 Å². The second kappa shape index (κ2) is 9.63. The fourth-order valence-corrected chi connectivity index (χ4v) is 4.77. The molecule has 1 saturated carbocycles. The zero-order chi connectivity index (χ0) is 14.9. The van der Waals surface area contributed by atoms with E-state index in [9.17, 15) is 0 Å². The van der Waals surface area contributed by atoms with Gasteiger partial charge in [0.05, 0.1) is 0 Å². The molecule has 0 amide bonds. The highest BCUT2D eigenvalue weighted by atomic mass is 32.1. The zero-order valence-electron chi connectivity index (χ0n) is 13.9. The second-order valence-electron chi connectivity index (χ2n) is 6.65.